The highest BCUT2D eigenvalue weighted by Gasteiger charge is 2.06. The largest absolute Gasteiger partial charge is 0.393 e. The molecule has 1 aromatic carbocycles. The van der Waals surface area contributed by atoms with E-state index in [1.807, 2.05) is 5.38 Å². The van der Waals surface area contributed by atoms with Gasteiger partial charge in [-0.05, 0) is 31.2 Å². The summed E-state index contributed by atoms with van der Waals surface area (Å²) in [5.41, 5.74) is 1.78. The fraction of sp³-hybridized carbons (Fsp3) is 0.250. The van der Waals surface area contributed by atoms with Gasteiger partial charge in [-0.25, -0.2) is 9.37 Å². The van der Waals surface area contributed by atoms with Gasteiger partial charge in [0.2, 0.25) is 0 Å². The van der Waals surface area contributed by atoms with Crippen LogP contribution < -0.4 is 0 Å². The number of aliphatic hydroxyl groups excluding tert-OH is 1. The summed E-state index contributed by atoms with van der Waals surface area (Å²) < 4.78 is 12.7. The zero-order valence-electron chi connectivity index (χ0n) is 8.85. The van der Waals surface area contributed by atoms with Crippen molar-refractivity contribution < 1.29 is 9.50 Å². The summed E-state index contributed by atoms with van der Waals surface area (Å²) in [7, 11) is 0. The maximum Gasteiger partial charge on any atom is 0.123 e. The van der Waals surface area contributed by atoms with E-state index in [0.29, 0.717) is 6.42 Å². The Bertz CT molecular complexity index is 464. The van der Waals surface area contributed by atoms with Gasteiger partial charge in [-0.15, -0.1) is 11.3 Å². The van der Waals surface area contributed by atoms with Gasteiger partial charge in [-0.2, -0.15) is 0 Å². The summed E-state index contributed by atoms with van der Waals surface area (Å²) >= 11 is 1.51. The number of thiazole rings is 1. The molecule has 1 heterocycles. The van der Waals surface area contributed by atoms with E-state index in [-0.39, 0.29) is 11.9 Å². The van der Waals surface area contributed by atoms with Crippen molar-refractivity contribution in [2.24, 2.45) is 0 Å². The molecule has 2 nitrogen and oxygen atoms in total. The fourth-order valence-corrected chi connectivity index (χ4v) is 2.27. The molecule has 0 bridgehead atoms. The van der Waals surface area contributed by atoms with Crippen LogP contribution in [-0.4, -0.2) is 16.2 Å². The molecule has 0 radical (unpaired) electrons. The van der Waals surface area contributed by atoms with Crippen molar-refractivity contribution in [2.45, 2.75) is 19.4 Å². The van der Waals surface area contributed by atoms with Crippen molar-refractivity contribution in [3.8, 4) is 10.6 Å². The summed E-state index contributed by atoms with van der Waals surface area (Å²) in [6.45, 7) is 1.73. The van der Waals surface area contributed by atoms with Crippen LogP contribution in [0.15, 0.2) is 29.6 Å². The summed E-state index contributed by atoms with van der Waals surface area (Å²) in [4.78, 5) is 4.39. The normalized spacial score (nSPS) is 12.7. The first-order chi connectivity index (χ1) is 7.65. The molecule has 2 rings (SSSR count). The van der Waals surface area contributed by atoms with E-state index < -0.39 is 0 Å². The number of benzene rings is 1. The Hall–Kier alpha value is -1.26. The third-order valence-corrected chi connectivity index (χ3v) is 3.09. The second-order valence-electron chi connectivity index (χ2n) is 3.70. The third-order valence-electron chi connectivity index (χ3n) is 2.15. The molecule has 84 valence electrons. The van der Waals surface area contributed by atoms with Gasteiger partial charge in [0.05, 0.1) is 11.8 Å². The highest BCUT2D eigenvalue weighted by Crippen LogP contribution is 2.24. The first-order valence-corrected chi connectivity index (χ1v) is 5.91. The molecule has 0 amide bonds. The lowest BCUT2D eigenvalue weighted by atomic mass is 10.2. The molecule has 1 aromatic heterocycles. The predicted molar refractivity (Wildman–Crippen MR) is 62.9 cm³/mol. The van der Waals surface area contributed by atoms with E-state index in [0.717, 1.165) is 16.3 Å². The van der Waals surface area contributed by atoms with E-state index in [2.05, 4.69) is 4.98 Å². The lowest BCUT2D eigenvalue weighted by molar-refractivity contribution is 0.194. The third kappa shape index (κ3) is 2.65. The van der Waals surface area contributed by atoms with Crippen LogP contribution in [0.4, 0.5) is 4.39 Å². The Morgan fingerprint density at radius 2 is 2.06 bits per heavy atom. The van der Waals surface area contributed by atoms with E-state index in [1.165, 1.54) is 23.5 Å². The van der Waals surface area contributed by atoms with Crippen molar-refractivity contribution in [1.82, 2.24) is 4.98 Å². The molecular formula is C12H12FNOS. The number of hydrogen-bond donors (Lipinski definition) is 1. The van der Waals surface area contributed by atoms with Gasteiger partial charge in [-0.1, -0.05) is 0 Å². The van der Waals surface area contributed by atoms with Crippen LogP contribution in [0.2, 0.25) is 0 Å². The topological polar surface area (TPSA) is 33.1 Å². The summed E-state index contributed by atoms with van der Waals surface area (Å²) in [5, 5.41) is 12.0. The Labute approximate surface area is 97.4 Å². The van der Waals surface area contributed by atoms with Crippen molar-refractivity contribution in [3.63, 3.8) is 0 Å². The van der Waals surface area contributed by atoms with Gasteiger partial charge < -0.3 is 5.11 Å². The monoisotopic (exact) mass is 237 g/mol. The van der Waals surface area contributed by atoms with Gasteiger partial charge in [-0.3, -0.25) is 0 Å². The molecule has 0 aliphatic rings. The molecule has 1 unspecified atom stereocenters. The van der Waals surface area contributed by atoms with E-state index in [9.17, 15) is 9.50 Å². The lowest BCUT2D eigenvalue weighted by Gasteiger charge is -1.99. The second kappa shape index (κ2) is 4.72. The maximum atomic E-state index is 12.7. The van der Waals surface area contributed by atoms with Crippen molar-refractivity contribution >= 4 is 11.3 Å². The van der Waals surface area contributed by atoms with Crippen molar-refractivity contribution in [2.75, 3.05) is 0 Å². The number of rotatable bonds is 3. The van der Waals surface area contributed by atoms with Gasteiger partial charge >= 0.3 is 0 Å². The molecule has 0 spiro atoms. The highest BCUT2D eigenvalue weighted by molar-refractivity contribution is 7.13. The van der Waals surface area contributed by atoms with Gasteiger partial charge in [0.1, 0.15) is 10.8 Å². The minimum atomic E-state index is -0.386. The van der Waals surface area contributed by atoms with Crippen molar-refractivity contribution in [1.29, 1.82) is 0 Å². The average Bonchev–Trinajstić information content (AvgIpc) is 2.66. The SMILES string of the molecule is CC(O)Cc1csc(-c2ccc(F)cc2)n1. The Balaban J connectivity index is 2.21. The van der Waals surface area contributed by atoms with Crippen molar-refractivity contribution in [3.05, 3.63) is 41.2 Å². The predicted octanol–water partition coefficient (Wildman–Crippen LogP) is 2.87. The zero-order valence-corrected chi connectivity index (χ0v) is 9.67. The second-order valence-corrected chi connectivity index (χ2v) is 4.56. The first-order valence-electron chi connectivity index (χ1n) is 5.03. The Morgan fingerprint density at radius 1 is 1.38 bits per heavy atom. The fourth-order valence-electron chi connectivity index (χ4n) is 1.43. The Kier molecular flexibility index (Phi) is 3.31. The Morgan fingerprint density at radius 3 is 2.69 bits per heavy atom. The van der Waals surface area contributed by atoms with Gasteiger partial charge in [0, 0.05) is 17.4 Å². The molecule has 0 saturated heterocycles. The molecule has 4 heteroatoms. The molecule has 16 heavy (non-hydrogen) atoms. The van der Waals surface area contributed by atoms with Crippen LogP contribution >= 0.6 is 11.3 Å². The molecule has 1 atom stereocenters. The van der Waals surface area contributed by atoms with E-state index in [4.69, 9.17) is 0 Å². The van der Waals surface area contributed by atoms with Gasteiger partial charge in [0.15, 0.2) is 0 Å². The number of aromatic nitrogens is 1. The van der Waals surface area contributed by atoms with Crippen LogP contribution in [0.5, 0.6) is 0 Å². The summed E-state index contributed by atoms with van der Waals surface area (Å²) in [6, 6.07) is 6.26. The maximum absolute atomic E-state index is 12.7. The molecule has 0 aliphatic carbocycles. The molecule has 2 aromatic rings. The highest BCUT2D eigenvalue weighted by atomic mass is 32.1. The summed E-state index contributed by atoms with van der Waals surface area (Å²) in [6.07, 6.45) is 0.167. The van der Waals surface area contributed by atoms with Crippen LogP contribution in [0.3, 0.4) is 0 Å². The van der Waals surface area contributed by atoms with Crippen LogP contribution in [0, 0.1) is 5.82 Å². The first kappa shape index (κ1) is 11.2. The molecule has 1 N–H and O–H groups in total. The zero-order chi connectivity index (χ0) is 11.5. The standard InChI is InChI=1S/C12H12FNOS/c1-8(15)6-11-7-16-12(14-11)9-2-4-10(13)5-3-9/h2-5,7-8,15H,6H2,1H3. The number of nitrogens with zero attached hydrogens (tertiary/aromatic N) is 1. The van der Waals surface area contributed by atoms with Crippen LogP contribution in [0.25, 0.3) is 10.6 Å². The molecule has 0 aliphatic heterocycles. The number of halogens is 1. The number of hydrogen-bond acceptors (Lipinski definition) is 3. The van der Waals surface area contributed by atoms with Gasteiger partial charge in [0.25, 0.3) is 0 Å². The van der Waals surface area contributed by atoms with E-state index in [1.54, 1.807) is 19.1 Å². The average molecular weight is 237 g/mol. The smallest absolute Gasteiger partial charge is 0.123 e. The molecular weight excluding hydrogens is 225 g/mol. The summed E-state index contributed by atoms with van der Waals surface area (Å²) in [5.74, 6) is -0.246. The van der Waals surface area contributed by atoms with Crippen LogP contribution in [-0.2, 0) is 6.42 Å². The molecule has 0 fully saturated rings. The number of aliphatic hydroxyl groups is 1. The minimum Gasteiger partial charge on any atom is -0.393 e. The lowest BCUT2D eigenvalue weighted by Crippen LogP contribution is -2.04. The quantitative estimate of drug-likeness (QED) is 0.890. The van der Waals surface area contributed by atoms with Crippen LogP contribution in [0.1, 0.15) is 12.6 Å². The minimum absolute atomic E-state index is 0.246. The molecule has 0 saturated carbocycles. The van der Waals surface area contributed by atoms with E-state index >= 15 is 0 Å².